The highest BCUT2D eigenvalue weighted by Crippen LogP contribution is 2.22. The molecule has 1 N–H and O–H groups in total. The fourth-order valence-corrected chi connectivity index (χ4v) is 2.26. The summed E-state index contributed by atoms with van der Waals surface area (Å²) >= 11 is 1.52. The van der Waals surface area contributed by atoms with Gasteiger partial charge in [0.05, 0.1) is 6.61 Å². The predicted octanol–water partition coefficient (Wildman–Crippen LogP) is 3.34. The minimum absolute atomic E-state index is 0.418. The largest absolute Gasteiger partial charge is 0.494 e. The topological polar surface area (TPSA) is 56.3 Å². The molecule has 1 aromatic carbocycles. The Kier molecular flexibility index (Phi) is 5.61. The standard InChI is InChI=1S/C14H19N3O2S/c1-3-8-15-14-17-16-13(20-14)10-19-12-7-5-6-11(9-12)18-4-2/h5-7,9H,3-4,8,10H2,1-2H3,(H,15,17). The van der Waals surface area contributed by atoms with E-state index >= 15 is 0 Å². The van der Waals surface area contributed by atoms with Crippen molar-refractivity contribution >= 4 is 16.5 Å². The highest BCUT2D eigenvalue weighted by molar-refractivity contribution is 7.15. The second-order valence-electron chi connectivity index (χ2n) is 4.12. The summed E-state index contributed by atoms with van der Waals surface area (Å²) in [6.07, 6.45) is 1.07. The molecule has 0 bridgehead atoms. The molecule has 0 spiro atoms. The van der Waals surface area contributed by atoms with Crippen molar-refractivity contribution in [1.82, 2.24) is 10.2 Å². The fourth-order valence-electron chi connectivity index (χ4n) is 1.58. The van der Waals surface area contributed by atoms with Gasteiger partial charge >= 0.3 is 0 Å². The van der Waals surface area contributed by atoms with Gasteiger partial charge in [-0.2, -0.15) is 0 Å². The van der Waals surface area contributed by atoms with Gasteiger partial charge in [0.1, 0.15) is 18.1 Å². The van der Waals surface area contributed by atoms with E-state index in [1.54, 1.807) is 0 Å². The van der Waals surface area contributed by atoms with Crippen LogP contribution in [-0.4, -0.2) is 23.3 Å². The summed E-state index contributed by atoms with van der Waals surface area (Å²) in [6, 6.07) is 7.60. The highest BCUT2D eigenvalue weighted by atomic mass is 32.1. The molecule has 5 nitrogen and oxygen atoms in total. The molecule has 1 aromatic heterocycles. The van der Waals surface area contributed by atoms with Crippen LogP contribution in [0.15, 0.2) is 24.3 Å². The summed E-state index contributed by atoms with van der Waals surface area (Å²) in [5, 5.41) is 13.1. The first-order valence-corrected chi connectivity index (χ1v) is 7.55. The first kappa shape index (κ1) is 14.6. The first-order valence-electron chi connectivity index (χ1n) is 6.73. The molecule has 0 aliphatic carbocycles. The van der Waals surface area contributed by atoms with Crippen molar-refractivity contribution in [2.45, 2.75) is 26.9 Å². The molecule has 0 atom stereocenters. The van der Waals surface area contributed by atoms with E-state index in [0.717, 1.165) is 34.6 Å². The minimum Gasteiger partial charge on any atom is -0.494 e. The minimum atomic E-state index is 0.418. The van der Waals surface area contributed by atoms with E-state index in [1.165, 1.54) is 11.3 Å². The predicted molar refractivity (Wildman–Crippen MR) is 80.6 cm³/mol. The van der Waals surface area contributed by atoms with Gasteiger partial charge in [0.2, 0.25) is 5.13 Å². The Labute approximate surface area is 123 Å². The summed E-state index contributed by atoms with van der Waals surface area (Å²) in [7, 11) is 0. The molecule has 2 rings (SSSR count). The fraction of sp³-hybridized carbons (Fsp3) is 0.429. The molecule has 2 aromatic rings. The van der Waals surface area contributed by atoms with Crippen LogP contribution in [0.4, 0.5) is 5.13 Å². The van der Waals surface area contributed by atoms with Crippen LogP contribution in [0.3, 0.4) is 0 Å². The number of benzene rings is 1. The Morgan fingerprint density at radius 3 is 2.70 bits per heavy atom. The maximum atomic E-state index is 5.70. The Morgan fingerprint density at radius 1 is 1.15 bits per heavy atom. The molecule has 0 aliphatic heterocycles. The summed E-state index contributed by atoms with van der Waals surface area (Å²) < 4.78 is 11.1. The molecule has 20 heavy (non-hydrogen) atoms. The zero-order chi connectivity index (χ0) is 14.2. The first-order chi connectivity index (χ1) is 9.81. The molecule has 0 saturated heterocycles. The summed E-state index contributed by atoms with van der Waals surface area (Å²) in [6.45, 7) is 6.04. The number of hydrogen-bond donors (Lipinski definition) is 1. The zero-order valence-corrected chi connectivity index (χ0v) is 12.6. The maximum Gasteiger partial charge on any atom is 0.205 e. The quantitative estimate of drug-likeness (QED) is 0.809. The molecule has 0 saturated carbocycles. The van der Waals surface area contributed by atoms with Gasteiger partial charge in [-0.25, -0.2) is 0 Å². The monoisotopic (exact) mass is 293 g/mol. The number of hydrogen-bond acceptors (Lipinski definition) is 6. The molecular weight excluding hydrogens is 274 g/mol. The van der Waals surface area contributed by atoms with Crippen LogP contribution in [0.1, 0.15) is 25.3 Å². The van der Waals surface area contributed by atoms with Crippen LogP contribution in [-0.2, 0) is 6.61 Å². The van der Waals surface area contributed by atoms with Crippen LogP contribution in [0.5, 0.6) is 11.5 Å². The van der Waals surface area contributed by atoms with Gasteiger partial charge in [0.25, 0.3) is 0 Å². The second-order valence-corrected chi connectivity index (χ2v) is 5.19. The van der Waals surface area contributed by atoms with Crippen molar-refractivity contribution in [2.75, 3.05) is 18.5 Å². The molecule has 0 aliphatic rings. The lowest BCUT2D eigenvalue weighted by Crippen LogP contribution is -1.98. The van der Waals surface area contributed by atoms with Gasteiger partial charge in [0.15, 0.2) is 5.01 Å². The van der Waals surface area contributed by atoms with Crippen molar-refractivity contribution in [3.05, 3.63) is 29.3 Å². The van der Waals surface area contributed by atoms with Crippen LogP contribution in [0.2, 0.25) is 0 Å². The van der Waals surface area contributed by atoms with Crippen LogP contribution in [0.25, 0.3) is 0 Å². The van der Waals surface area contributed by atoms with Gasteiger partial charge in [-0.15, -0.1) is 10.2 Å². The molecule has 0 unspecified atom stereocenters. The smallest absolute Gasteiger partial charge is 0.205 e. The van der Waals surface area contributed by atoms with Crippen molar-refractivity contribution < 1.29 is 9.47 Å². The van der Waals surface area contributed by atoms with Crippen LogP contribution >= 0.6 is 11.3 Å². The molecule has 108 valence electrons. The third kappa shape index (κ3) is 4.38. The molecule has 0 amide bonds. The van der Waals surface area contributed by atoms with Crippen molar-refractivity contribution in [2.24, 2.45) is 0 Å². The van der Waals surface area contributed by atoms with E-state index in [0.29, 0.717) is 13.2 Å². The second kappa shape index (κ2) is 7.69. The van der Waals surface area contributed by atoms with Crippen molar-refractivity contribution in [3.8, 4) is 11.5 Å². The number of aromatic nitrogens is 2. The van der Waals surface area contributed by atoms with E-state index in [9.17, 15) is 0 Å². The molecule has 1 heterocycles. The number of rotatable bonds is 8. The van der Waals surface area contributed by atoms with Crippen molar-refractivity contribution in [3.63, 3.8) is 0 Å². The van der Waals surface area contributed by atoms with Gasteiger partial charge in [-0.05, 0) is 25.5 Å². The Morgan fingerprint density at radius 2 is 1.95 bits per heavy atom. The highest BCUT2D eigenvalue weighted by Gasteiger charge is 2.05. The Bertz CT molecular complexity index is 531. The SMILES string of the molecule is CCCNc1nnc(COc2cccc(OCC)c2)s1. The van der Waals surface area contributed by atoms with E-state index in [2.05, 4.69) is 22.4 Å². The Balaban J connectivity index is 1.88. The van der Waals surface area contributed by atoms with Gasteiger partial charge in [-0.3, -0.25) is 0 Å². The van der Waals surface area contributed by atoms with Gasteiger partial charge in [-0.1, -0.05) is 24.3 Å². The van der Waals surface area contributed by atoms with Crippen LogP contribution < -0.4 is 14.8 Å². The lowest BCUT2D eigenvalue weighted by molar-refractivity contribution is 0.298. The Hall–Kier alpha value is -1.82. The molecule has 6 heteroatoms. The average Bonchev–Trinajstić information content (AvgIpc) is 2.92. The number of anilines is 1. The van der Waals surface area contributed by atoms with Crippen LogP contribution in [0, 0.1) is 0 Å². The third-order valence-electron chi connectivity index (χ3n) is 2.47. The lowest BCUT2D eigenvalue weighted by atomic mass is 10.3. The summed E-state index contributed by atoms with van der Waals surface area (Å²) in [4.78, 5) is 0. The molecule has 0 fully saturated rings. The van der Waals surface area contributed by atoms with Crippen molar-refractivity contribution in [1.29, 1.82) is 0 Å². The normalized spacial score (nSPS) is 10.3. The van der Waals surface area contributed by atoms with Gasteiger partial charge in [0, 0.05) is 12.6 Å². The average molecular weight is 293 g/mol. The maximum absolute atomic E-state index is 5.70. The van der Waals surface area contributed by atoms with Gasteiger partial charge < -0.3 is 14.8 Å². The zero-order valence-electron chi connectivity index (χ0n) is 11.8. The number of nitrogens with zero attached hydrogens (tertiary/aromatic N) is 2. The molecule has 0 radical (unpaired) electrons. The number of ether oxygens (including phenoxy) is 2. The van der Waals surface area contributed by atoms with E-state index in [-0.39, 0.29) is 0 Å². The molecular formula is C14H19N3O2S. The van der Waals surface area contributed by atoms with E-state index in [4.69, 9.17) is 9.47 Å². The summed E-state index contributed by atoms with van der Waals surface area (Å²) in [5.74, 6) is 1.58. The van der Waals surface area contributed by atoms with E-state index in [1.807, 2.05) is 31.2 Å². The summed E-state index contributed by atoms with van der Waals surface area (Å²) in [5.41, 5.74) is 0. The third-order valence-corrected chi connectivity index (χ3v) is 3.33. The van der Waals surface area contributed by atoms with E-state index < -0.39 is 0 Å². The number of nitrogens with one attached hydrogen (secondary N) is 1. The lowest BCUT2D eigenvalue weighted by Gasteiger charge is -2.06.